The molecule has 1 amide bonds. The molecule has 1 aliphatic heterocycles. The van der Waals surface area contributed by atoms with Crippen molar-refractivity contribution in [3.63, 3.8) is 0 Å². The van der Waals surface area contributed by atoms with Crippen molar-refractivity contribution < 1.29 is 9.53 Å². The number of ether oxygens (including phenoxy) is 1. The molecule has 1 saturated heterocycles. The van der Waals surface area contributed by atoms with Crippen LogP contribution >= 0.6 is 24.0 Å². The fraction of sp³-hybridized carbons (Fsp3) is 0.579. The number of halogens is 1. The lowest BCUT2D eigenvalue weighted by atomic mass is 9.93. The standard InChI is InChI=1S/C19H30N4O2.HI/c1-20-18(24)14-16-8-11-23(12-9-16)19(21-2)22-10-7-15-5-4-6-17(13-15)25-3;/h4-6,13,16H,7-12,14H2,1-3H3,(H,20,24)(H,21,22);1H. The molecule has 1 aliphatic rings. The van der Waals surface area contributed by atoms with Gasteiger partial charge in [0.05, 0.1) is 7.11 Å². The second-order valence-electron chi connectivity index (χ2n) is 6.38. The van der Waals surface area contributed by atoms with Gasteiger partial charge in [0.1, 0.15) is 5.75 Å². The van der Waals surface area contributed by atoms with Crippen molar-refractivity contribution in [1.29, 1.82) is 0 Å². The normalized spacial score (nSPS) is 15.2. The number of amides is 1. The number of hydrogen-bond donors (Lipinski definition) is 2. The maximum Gasteiger partial charge on any atom is 0.220 e. The van der Waals surface area contributed by atoms with Crippen molar-refractivity contribution in [2.45, 2.75) is 25.7 Å². The summed E-state index contributed by atoms with van der Waals surface area (Å²) in [6.45, 7) is 2.72. The van der Waals surface area contributed by atoms with E-state index in [1.807, 2.05) is 19.2 Å². The Morgan fingerprint density at radius 3 is 2.69 bits per heavy atom. The summed E-state index contributed by atoms with van der Waals surface area (Å²) >= 11 is 0. The highest BCUT2D eigenvalue weighted by Crippen LogP contribution is 2.20. The number of piperidine rings is 1. The van der Waals surface area contributed by atoms with E-state index in [1.54, 1.807) is 14.2 Å². The average molecular weight is 474 g/mol. The third-order valence-corrected chi connectivity index (χ3v) is 4.71. The van der Waals surface area contributed by atoms with Gasteiger partial charge in [-0.15, -0.1) is 24.0 Å². The average Bonchev–Trinajstić information content (AvgIpc) is 2.66. The number of rotatable bonds is 6. The molecule has 146 valence electrons. The van der Waals surface area contributed by atoms with Gasteiger partial charge in [-0.1, -0.05) is 12.1 Å². The van der Waals surface area contributed by atoms with E-state index in [0.717, 1.165) is 50.6 Å². The number of guanidine groups is 1. The van der Waals surface area contributed by atoms with Gasteiger partial charge in [0.2, 0.25) is 5.91 Å². The number of methoxy groups -OCH3 is 1. The van der Waals surface area contributed by atoms with Gasteiger partial charge in [-0.2, -0.15) is 0 Å². The Bertz CT molecular complexity index is 587. The summed E-state index contributed by atoms with van der Waals surface area (Å²) in [5.74, 6) is 2.45. The van der Waals surface area contributed by atoms with Crippen molar-refractivity contribution in [3.8, 4) is 5.75 Å². The Balaban J connectivity index is 0.00000338. The number of hydrogen-bond acceptors (Lipinski definition) is 3. The molecule has 0 aromatic heterocycles. The van der Waals surface area contributed by atoms with E-state index in [0.29, 0.717) is 12.3 Å². The van der Waals surface area contributed by atoms with E-state index >= 15 is 0 Å². The molecule has 0 bridgehead atoms. The SMILES string of the molecule is CN=C(NCCc1cccc(OC)c1)N1CCC(CC(=O)NC)CC1.I. The summed E-state index contributed by atoms with van der Waals surface area (Å²) in [5, 5.41) is 6.16. The van der Waals surface area contributed by atoms with Gasteiger partial charge in [0, 0.05) is 40.2 Å². The molecule has 2 rings (SSSR count). The van der Waals surface area contributed by atoms with Crippen LogP contribution in [-0.2, 0) is 11.2 Å². The van der Waals surface area contributed by atoms with E-state index in [2.05, 4.69) is 32.7 Å². The Morgan fingerprint density at radius 1 is 1.35 bits per heavy atom. The van der Waals surface area contributed by atoms with Crippen LogP contribution in [0.15, 0.2) is 29.3 Å². The highest BCUT2D eigenvalue weighted by atomic mass is 127. The zero-order valence-electron chi connectivity index (χ0n) is 16.0. The van der Waals surface area contributed by atoms with Crippen LogP contribution in [0.4, 0.5) is 0 Å². The first-order valence-corrected chi connectivity index (χ1v) is 8.95. The van der Waals surface area contributed by atoms with E-state index in [1.165, 1.54) is 5.56 Å². The van der Waals surface area contributed by atoms with Crippen molar-refractivity contribution in [2.24, 2.45) is 10.9 Å². The van der Waals surface area contributed by atoms with Crippen molar-refractivity contribution >= 4 is 35.8 Å². The first-order valence-electron chi connectivity index (χ1n) is 8.95. The van der Waals surface area contributed by atoms with Gasteiger partial charge in [0.25, 0.3) is 0 Å². The number of benzene rings is 1. The van der Waals surface area contributed by atoms with Crippen molar-refractivity contribution in [1.82, 2.24) is 15.5 Å². The fourth-order valence-electron chi connectivity index (χ4n) is 3.19. The maximum absolute atomic E-state index is 11.5. The van der Waals surface area contributed by atoms with Gasteiger partial charge >= 0.3 is 0 Å². The highest BCUT2D eigenvalue weighted by Gasteiger charge is 2.22. The smallest absolute Gasteiger partial charge is 0.220 e. The Labute approximate surface area is 173 Å². The minimum absolute atomic E-state index is 0. The van der Waals surface area contributed by atoms with Gasteiger partial charge in [-0.05, 0) is 42.9 Å². The minimum Gasteiger partial charge on any atom is -0.497 e. The molecule has 0 radical (unpaired) electrons. The first-order chi connectivity index (χ1) is 12.2. The lowest BCUT2D eigenvalue weighted by Crippen LogP contribution is -2.46. The zero-order chi connectivity index (χ0) is 18.1. The third-order valence-electron chi connectivity index (χ3n) is 4.71. The summed E-state index contributed by atoms with van der Waals surface area (Å²) in [6.07, 6.45) is 3.61. The maximum atomic E-state index is 11.5. The summed E-state index contributed by atoms with van der Waals surface area (Å²) in [5.41, 5.74) is 1.24. The molecule has 0 spiro atoms. The van der Waals surface area contributed by atoms with Crippen LogP contribution in [0.2, 0.25) is 0 Å². The highest BCUT2D eigenvalue weighted by molar-refractivity contribution is 14.0. The molecule has 1 heterocycles. The van der Waals surface area contributed by atoms with E-state index in [-0.39, 0.29) is 29.9 Å². The second kappa shape index (κ2) is 12.0. The van der Waals surface area contributed by atoms with Crippen LogP contribution in [-0.4, -0.2) is 57.6 Å². The molecular weight excluding hydrogens is 443 g/mol. The molecule has 0 aliphatic carbocycles. The van der Waals surface area contributed by atoms with E-state index in [9.17, 15) is 4.79 Å². The number of aliphatic imine (C=N–C) groups is 1. The Kier molecular flexibility index (Phi) is 10.4. The number of carbonyl (C=O) groups is 1. The molecule has 0 atom stereocenters. The largest absolute Gasteiger partial charge is 0.497 e. The predicted octanol–water partition coefficient (Wildman–Crippen LogP) is 2.28. The molecule has 7 heteroatoms. The van der Waals surface area contributed by atoms with Gasteiger partial charge < -0.3 is 20.3 Å². The molecular formula is C19H31IN4O2. The second-order valence-corrected chi connectivity index (χ2v) is 6.38. The quantitative estimate of drug-likeness (QED) is 0.377. The first kappa shape index (κ1) is 22.5. The van der Waals surface area contributed by atoms with Gasteiger partial charge in [0.15, 0.2) is 5.96 Å². The summed E-state index contributed by atoms with van der Waals surface area (Å²) < 4.78 is 5.26. The molecule has 1 aromatic rings. The minimum atomic E-state index is 0. The van der Waals surface area contributed by atoms with Gasteiger partial charge in [-0.3, -0.25) is 9.79 Å². The zero-order valence-corrected chi connectivity index (χ0v) is 18.3. The molecule has 1 aromatic carbocycles. The third kappa shape index (κ3) is 7.01. The Morgan fingerprint density at radius 2 is 2.08 bits per heavy atom. The van der Waals surface area contributed by atoms with Crippen molar-refractivity contribution in [3.05, 3.63) is 29.8 Å². The van der Waals surface area contributed by atoms with Crippen LogP contribution < -0.4 is 15.4 Å². The number of nitrogens with one attached hydrogen (secondary N) is 2. The number of nitrogens with zero attached hydrogens (tertiary/aromatic N) is 2. The lowest BCUT2D eigenvalue weighted by molar-refractivity contribution is -0.121. The van der Waals surface area contributed by atoms with Crippen LogP contribution in [0.1, 0.15) is 24.8 Å². The van der Waals surface area contributed by atoms with E-state index < -0.39 is 0 Å². The Hall–Kier alpha value is -1.51. The van der Waals surface area contributed by atoms with Crippen molar-refractivity contribution in [2.75, 3.05) is 40.8 Å². The summed E-state index contributed by atoms with van der Waals surface area (Å²) in [6, 6.07) is 8.14. The van der Waals surface area contributed by atoms with Crippen LogP contribution in [0.25, 0.3) is 0 Å². The molecule has 1 fully saturated rings. The summed E-state index contributed by atoms with van der Waals surface area (Å²) in [4.78, 5) is 18.2. The monoisotopic (exact) mass is 474 g/mol. The van der Waals surface area contributed by atoms with Crippen LogP contribution in [0, 0.1) is 5.92 Å². The number of likely N-dealkylation sites (tertiary alicyclic amines) is 1. The fourth-order valence-corrected chi connectivity index (χ4v) is 3.19. The lowest BCUT2D eigenvalue weighted by Gasteiger charge is -2.34. The van der Waals surface area contributed by atoms with Crippen LogP contribution in [0.5, 0.6) is 5.75 Å². The molecule has 0 saturated carbocycles. The molecule has 26 heavy (non-hydrogen) atoms. The van der Waals surface area contributed by atoms with E-state index in [4.69, 9.17) is 4.74 Å². The van der Waals surface area contributed by atoms with Gasteiger partial charge in [-0.25, -0.2) is 0 Å². The van der Waals surface area contributed by atoms with Crippen LogP contribution in [0.3, 0.4) is 0 Å². The molecule has 6 nitrogen and oxygen atoms in total. The summed E-state index contributed by atoms with van der Waals surface area (Å²) in [7, 11) is 5.21. The topological polar surface area (TPSA) is 66.0 Å². The predicted molar refractivity (Wildman–Crippen MR) is 116 cm³/mol. The molecule has 0 unspecified atom stereocenters. The molecule has 2 N–H and O–H groups in total. The number of carbonyl (C=O) groups excluding carboxylic acids is 1.